The summed E-state index contributed by atoms with van der Waals surface area (Å²) >= 11 is 6.16. The number of pyridine rings is 1. The van der Waals surface area contributed by atoms with Crippen LogP contribution < -0.4 is 10.1 Å². The first-order chi connectivity index (χ1) is 16.2. The van der Waals surface area contributed by atoms with E-state index >= 15 is 0 Å². The van der Waals surface area contributed by atoms with E-state index in [0.717, 1.165) is 39.3 Å². The monoisotopic (exact) mass is 452 g/mol. The Morgan fingerprint density at radius 2 is 1.67 bits per heavy atom. The van der Waals surface area contributed by atoms with Crippen molar-refractivity contribution in [1.29, 1.82) is 0 Å². The molecule has 0 aliphatic heterocycles. The van der Waals surface area contributed by atoms with Crippen LogP contribution in [0.5, 0.6) is 5.75 Å². The van der Waals surface area contributed by atoms with E-state index in [1.807, 2.05) is 66.7 Å². The number of hydrogen-bond donors (Lipinski definition) is 1. The first kappa shape index (κ1) is 20.9. The van der Waals surface area contributed by atoms with Crippen LogP contribution in [-0.2, 0) is 6.54 Å². The Balaban J connectivity index is 1.67. The maximum absolute atomic E-state index is 6.16. The predicted octanol–water partition coefficient (Wildman–Crippen LogP) is 6.63. The smallest absolute Gasteiger partial charge is 0.165 e. The molecule has 1 N–H and O–H groups in total. The van der Waals surface area contributed by atoms with Gasteiger partial charge in [-0.3, -0.25) is 0 Å². The van der Waals surface area contributed by atoms with E-state index < -0.39 is 0 Å². The molecule has 162 valence electrons. The number of fused-ring (bicyclic) bond motifs is 1. The van der Waals surface area contributed by atoms with Gasteiger partial charge in [-0.05, 0) is 47.0 Å². The molecule has 0 saturated carbocycles. The highest BCUT2D eigenvalue weighted by atomic mass is 35.5. The largest absolute Gasteiger partial charge is 0.497 e. The molecule has 5 rings (SSSR count). The molecule has 0 atom stereocenters. The summed E-state index contributed by atoms with van der Waals surface area (Å²) in [6, 6.07) is 27.9. The fourth-order valence-corrected chi connectivity index (χ4v) is 3.89. The lowest BCUT2D eigenvalue weighted by Crippen LogP contribution is -2.04. The quantitative estimate of drug-likeness (QED) is 0.313. The summed E-state index contributed by atoms with van der Waals surface area (Å²) in [6.45, 7) is 0.643. The van der Waals surface area contributed by atoms with Crippen molar-refractivity contribution < 1.29 is 4.74 Å². The van der Waals surface area contributed by atoms with Crippen LogP contribution >= 0.6 is 11.6 Å². The van der Waals surface area contributed by atoms with Gasteiger partial charge in [0.15, 0.2) is 5.65 Å². The Morgan fingerprint density at radius 3 is 2.45 bits per heavy atom. The predicted molar refractivity (Wildman–Crippen MR) is 134 cm³/mol. The summed E-state index contributed by atoms with van der Waals surface area (Å²) in [5.74, 6) is 1.51. The molecule has 0 amide bonds. The third-order valence-corrected chi connectivity index (χ3v) is 5.68. The lowest BCUT2D eigenvalue weighted by Gasteiger charge is -2.14. The van der Waals surface area contributed by atoms with Crippen LogP contribution in [0.15, 0.2) is 91.3 Å². The van der Waals surface area contributed by atoms with E-state index in [2.05, 4.69) is 33.5 Å². The van der Waals surface area contributed by atoms with Crippen molar-refractivity contribution in [3.63, 3.8) is 0 Å². The van der Waals surface area contributed by atoms with Gasteiger partial charge in [0.2, 0.25) is 0 Å². The van der Waals surface area contributed by atoms with Gasteiger partial charge in [-0.25, -0.2) is 15.0 Å². The number of hydrogen-bond acceptors (Lipinski definition) is 5. The number of rotatable bonds is 6. The molecule has 6 heteroatoms. The van der Waals surface area contributed by atoms with E-state index in [1.54, 1.807) is 13.4 Å². The Hall–Kier alpha value is -3.96. The van der Waals surface area contributed by atoms with Gasteiger partial charge in [0, 0.05) is 17.1 Å². The topological polar surface area (TPSA) is 59.9 Å². The Labute approximate surface area is 197 Å². The number of nitrogens with zero attached hydrogens (tertiary/aromatic N) is 3. The van der Waals surface area contributed by atoms with Crippen LogP contribution in [0.25, 0.3) is 33.4 Å². The second kappa shape index (κ2) is 9.27. The third-order valence-electron chi connectivity index (χ3n) is 5.43. The SMILES string of the molecule is COc1cccc(-c2cc(-c3ccc(Cl)cc3)c3c(NCc4ccccc4)ncnc3n2)c1. The number of halogens is 1. The summed E-state index contributed by atoms with van der Waals surface area (Å²) in [5.41, 5.74) is 5.52. The molecule has 0 spiro atoms. The van der Waals surface area contributed by atoms with Gasteiger partial charge in [-0.15, -0.1) is 0 Å². The molecule has 0 fully saturated rings. The normalized spacial score (nSPS) is 10.8. The molecule has 2 aromatic heterocycles. The Kier molecular flexibility index (Phi) is 5.87. The minimum atomic E-state index is 0.617. The average Bonchev–Trinajstić information content (AvgIpc) is 2.88. The van der Waals surface area contributed by atoms with Gasteiger partial charge >= 0.3 is 0 Å². The minimum Gasteiger partial charge on any atom is -0.497 e. The number of nitrogens with one attached hydrogen (secondary N) is 1. The van der Waals surface area contributed by atoms with Crippen molar-refractivity contribution in [3.8, 4) is 28.1 Å². The highest BCUT2D eigenvalue weighted by Gasteiger charge is 2.15. The Morgan fingerprint density at radius 1 is 0.848 bits per heavy atom. The van der Waals surface area contributed by atoms with Gasteiger partial charge in [0.05, 0.1) is 18.2 Å². The second-order valence-corrected chi connectivity index (χ2v) is 7.99. The molecule has 0 saturated heterocycles. The standard InChI is InChI=1S/C27H21ClN4O/c1-33-22-9-5-8-20(14-22)24-15-23(19-10-12-21(28)13-11-19)25-26(30-17-31-27(25)32-24)29-16-18-6-3-2-4-7-18/h2-15,17H,16H2,1H3,(H,29,30,31,32). The van der Waals surface area contributed by atoms with Crippen molar-refractivity contribution >= 4 is 28.5 Å². The van der Waals surface area contributed by atoms with Gasteiger partial charge in [-0.2, -0.15) is 0 Å². The van der Waals surface area contributed by atoms with Crippen molar-refractivity contribution in [2.45, 2.75) is 6.54 Å². The molecule has 5 nitrogen and oxygen atoms in total. The first-order valence-electron chi connectivity index (χ1n) is 10.6. The molecule has 0 aliphatic carbocycles. The van der Waals surface area contributed by atoms with E-state index in [0.29, 0.717) is 17.2 Å². The lowest BCUT2D eigenvalue weighted by atomic mass is 9.99. The molecule has 0 unspecified atom stereocenters. The maximum Gasteiger partial charge on any atom is 0.165 e. The van der Waals surface area contributed by atoms with E-state index in [1.165, 1.54) is 5.56 Å². The fraction of sp³-hybridized carbons (Fsp3) is 0.0741. The number of anilines is 1. The number of benzene rings is 3. The summed E-state index contributed by atoms with van der Waals surface area (Å²) in [4.78, 5) is 13.9. The molecule has 0 bridgehead atoms. The zero-order valence-electron chi connectivity index (χ0n) is 18.0. The van der Waals surface area contributed by atoms with Crippen LogP contribution in [0, 0.1) is 0 Å². The van der Waals surface area contributed by atoms with Gasteiger partial charge in [0.25, 0.3) is 0 Å². The molecule has 0 radical (unpaired) electrons. The van der Waals surface area contributed by atoms with Gasteiger partial charge in [-0.1, -0.05) is 66.2 Å². The Bertz CT molecular complexity index is 1410. The second-order valence-electron chi connectivity index (χ2n) is 7.55. The van der Waals surface area contributed by atoms with E-state index in [-0.39, 0.29) is 0 Å². The highest BCUT2D eigenvalue weighted by Crippen LogP contribution is 2.35. The molecule has 33 heavy (non-hydrogen) atoms. The van der Waals surface area contributed by atoms with Crippen LogP contribution in [0.3, 0.4) is 0 Å². The van der Waals surface area contributed by atoms with Gasteiger partial charge in [0.1, 0.15) is 17.9 Å². The van der Waals surface area contributed by atoms with E-state index in [9.17, 15) is 0 Å². The number of ether oxygens (including phenoxy) is 1. The fourth-order valence-electron chi connectivity index (χ4n) is 3.77. The number of methoxy groups -OCH3 is 1. The van der Waals surface area contributed by atoms with Crippen LogP contribution in [-0.4, -0.2) is 22.1 Å². The molecular weight excluding hydrogens is 432 g/mol. The summed E-state index contributed by atoms with van der Waals surface area (Å²) in [5, 5.41) is 5.01. The van der Waals surface area contributed by atoms with E-state index in [4.69, 9.17) is 21.3 Å². The molecule has 2 heterocycles. The zero-order valence-corrected chi connectivity index (χ0v) is 18.8. The minimum absolute atomic E-state index is 0.617. The zero-order chi connectivity index (χ0) is 22.6. The maximum atomic E-state index is 6.16. The van der Waals surface area contributed by atoms with Crippen molar-refractivity contribution in [3.05, 3.63) is 102 Å². The average molecular weight is 453 g/mol. The van der Waals surface area contributed by atoms with Crippen LogP contribution in [0.1, 0.15) is 5.56 Å². The third kappa shape index (κ3) is 4.49. The number of aromatic nitrogens is 3. The van der Waals surface area contributed by atoms with Crippen molar-refractivity contribution in [2.75, 3.05) is 12.4 Å². The summed E-state index contributed by atoms with van der Waals surface area (Å²) in [7, 11) is 1.66. The summed E-state index contributed by atoms with van der Waals surface area (Å²) in [6.07, 6.45) is 1.55. The van der Waals surface area contributed by atoms with Crippen molar-refractivity contribution in [1.82, 2.24) is 15.0 Å². The molecule has 5 aromatic rings. The summed E-state index contributed by atoms with van der Waals surface area (Å²) < 4.78 is 5.41. The highest BCUT2D eigenvalue weighted by molar-refractivity contribution is 6.30. The van der Waals surface area contributed by atoms with Crippen LogP contribution in [0.4, 0.5) is 5.82 Å². The van der Waals surface area contributed by atoms with Gasteiger partial charge < -0.3 is 10.1 Å². The molecule has 0 aliphatic rings. The first-order valence-corrected chi connectivity index (χ1v) is 10.9. The van der Waals surface area contributed by atoms with Crippen molar-refractivity contribution in [2.24, 2.45) is 0 Å². The lowest BCUT2D eigenvalue weighted by molar-refractivity contribution is 0.415. The molecular formula is C27H21ClN4O. The van der Waals surface area contributed by atoms with Crippen LogP contribution in [0.2, 0.25) is 5.02 Å². The molecule has 3 aromatic carbocycles.